The Kier molecular flexibility index (Phi) is 6.11. The summed E-state index contributed by atoms with van der Waals surface area (Å²) in [5.41, 5.74) is 1.62. The van der Waals surface area contributed by atoms with Gasteiger partial charge in [0, 0.05) is 27.6 Å². The van der Waals surface area contributed by atoms with Crippen LogP contribution in [0.4, 0.5) is 9.52 Å². The average molecular weight is 444 g/mol. The minimum Gasteiger partial charge on any atom is -0.351 e. The molecule has 8 heteroatoms. The first kappa shape index (κ1) is 20.5. The molecule has 1 aliphatic carbocycles. The van der Waals surface area contributed by atoms with E-state index in [9.17, 15) is 14.0 Å². The summed E-state index contributed by atoms with van der Waals surface area (Å²) in [6, 6.07) is 13.0. The molecular weight excluding hydrogens is 425 g/mol. The zero-order chi connectivity index (χ0) is 21.1. The molecule has 0 saturated carbocycles. The van der Waals surface area contributed by atoms with Crippen LogP contribution >= 0.6 is 22.9 Å². The maximum Gasteiger partial charge on any atom is 0.257 e. The second-order valence-corrected chi connectivity index (χ2v) is 8.56. The number of carbonyl (C=O) groups excluding carboxylic acids is 2. The molecule has 1 atom stereocenters. The Morgan fingerprint density at radius 1 is 1.17 bits per heavy atom. The van der Waals surface area contributed by atoms with Gasteiger partial charge in [-0.15, -0.1) is 11.3 Å². The average Bonchev–Trinajstić information content (AvgIpc) is 3.15. The molecule has 0 radical (unpaired) electrons. The first-order valence-corrected chi connectivity index (χ1v) is 10.8. The summed E-state index contributed by atoms with van der Waals surface area (Å²) in [6.45, 7) is 0.127. The van der Waals surface area contributed by atoms with Gasteiger partial charge in [0.2, 0.25) is 5.91 Å². The lowest BCUT2D eigenvalue weighted by Gasteiger charge is -2.20. The Morgan fingerprint density at radius 2 is 1.93 bits per heavy atom. The fourth-order valence-corrected chi connectivity index (χ4v) is 4.63. The van der Waals surface area contributed by atoms with Crippen LogP contribution in [0.1, 0.15) is 45.3 Å². The number of nitrogens with zero attached hydrogens (tertiary/aromatic N) is 1. The normalized spacial score (nSPS) is 15.3. The largest absolute Gasteiger partial charge is 0.351 e. The monoisotopic (exact) mass is 443 g/mol. The number of amides is 2. The van der Waals surface area contributed by atoms with Crippen molar-refractivity contribution in [3.63, 3.8) is 0 Å². The molecule has 154 valence electrons. The molecule has 0 spiro atoms. The number of anilines is 1. The van der Waals surface area contributed by atoms with Crippen molar-refractivity contribution in [2.45, 2.75) is 31.7 Å². The van der Waals surface area contributed by atoms with E-state index < -0.39 is 5.92 Å². The van der Waals surface area contributed by atoms with Gasteiger partial charge >= 0.3 is 0 Å². The van der Waals surface area contributed by atoms with Gasteiger partial charge in [-0.1, -0.05) is 29.8 Å². The molecule has 0 bridgehead atoms. The third kappa shape index (κ3) is 4.52. The lowest BCUT2D eigenvalue weighted by molar-refractivity contribution is -0.123. The highest BCUT2D eigenvalue weighted by atomic mass is 35.5. The van der Waals surface area contributed by atoms with Crippen molar-refractivity contribution >= 4 is 39.9 Å². The molecule has 1 aromatic heterocycles. The first-order chi connectivity index (χ1) is 14.5. The smallest absolute Gasteiger partial charge is 0.257 e. The zero-order valence-corrected chi connectivity index (χ0v) is 17.5. The van der Waals surface area contributed by atoms with E-state index in [0.717, 1.165) is 17.7 Å². The maximum atomic E-state index is 13.8. The van der Waals surface area contributed by atoms with Gasteiger partial charge in [-0.25, -0.2) is 9.37 Å². The lowest BCUT2D eigenvalue weighted by Crippen LogP contribution is -2.31. The number of halogens is 2. The SMILES string of the molecule is O=C(Nc1nc2c(s1)CCCC2C(=O)NCc1ccccc1F)c1ccc(Cl)cc1. The number of benzene rings is 2. The fraction of sp³-hybridized carbons (Fsp3) is 0.227. The van der Waals surface area contributed by atoms with E-state index in [0.29, 0.717) is 33.4 Å². The summed E-state index contributed by atoms with van der Waals surface area (Å²) in [4.78, 5) is 30.7. The van der Waals surface area contributed by atoms with Crippen molar-refractivity contribution in [2.75, 3.05) is 5.32 Å². The van der Waals surface area contributed by atoms with Crippen LogP contribution in [-0.2, 0) is 17.8 Å². The van der Waals surface area contributed by atoms with Crippen molar-refractivity contribution in [2.24, 2.45) is 0 Å². The lowest BCUT2D eigenvalue weighted by atomic mass is 9.90. The van der Waals surface area contributed by atoms with Crippen molar-refractivity contribution < 1.29 is 14.0 Å². The Hall–Kier alpha value is -2.77. The van der Waals surface area contributed by atoms with Crippen molar-refractivity contribution in [3.05, 3.63) is 81.1 Å². The summed E-state index contributed by atoms with van der Waals surface area (Å²) in [5, 5.41) is 6.64. The van der Waals surface area contributed by atoms with Gasteiger partial charge in [0.05, 0.1) is 11.6 Å². The molecule has 1 aliphatic rings. The fourth-order valence-electron chi connectivity index (χ4n) is 3.44. The van der Waals surface area contributed by atoms with E-state index in [1.165, 1.54) is 17.4 Å². The number of aryl methyl sites for hydroxylation is 1. The summed E-state index contributed by atoms with van der Waals surface area (Å²) >= 11 is 7.25. The maximum absolute atomic E-state index is 13.8. The number of hydrogen-bond donors (Lipinski definition) is 2. The highest BCUT2D eigenvalue weighted by molar-refractivity contribution is 7.16. The van der Waals surface area contributed by atoms with E-state index in [-0.39, 0.29) is 24.2 Å². The molecule has 2 amide bonds. The highest BCUT2D eigenvalue weighted by Crippen LogP contribution is 2.37. The van der Waals surface area contributed by atoms with Crippen LogP contribution in [0.3, 0.4) is 0 Å². The van der Waals surface area contributed by atoms with E-state index in [1.54, 1.807) is 42.5 Å². The minimum absolute atomic E-state index is 0.127. The van der Waals surface area contributed by atoms with Crippen LogP contribution in [-0.4, -0.2) is 16.8 Å². The number of aromatic nitrogens is 1. The van der Waals surface area contributed by atoms with Crippen LogP contribution in [0.2, 0.25) is 5.02 Å². The van der Waals surface area contributed by atoms with Crippen LogP contribution in [0.15, 0.2) is 48.5 Å². The van der Waals surface area contributed by atoms with Crippen molar-refractivity contribution in [1.82, 2.24) is 10.3 Å². The van der Waals surface area contributed by atoms with Crippen LogP contribution in [0, 0.1) is 5.82 Å². The van der Waals surface area contributed by atoms with E-state index in [4.69, 9.17) is 11.6 Å². The zero-order valence-electron chi connectivity index (χ0n) is 16.0. The van der Waals surface area contributed by atoms with Crippen molar-refractivity contribution in [3.8, 4) is 0 Å². The van der Waals surface area contributed by atoms with Crippen LogP contribution < -0.4 is 10.6 Å². The van der Waals surface area contributed by atoms with Crippen molar-refractivity contribution in [1.29, 1.82) is 0 Å². The molecule has 4 rings (SSSR count). The van der Waals surface area contributed by atoms with Gasteiger partial charge in [-0.2, -0.15) is 0 Å². The first-order valence-electron chi connectivity index (χ1n) is 9.59. The molecule has 30 heavy (non-hydrogen) atoms. The van der Waals surface area contributed by atoms with E-state index in [2.05, 4.69) is 15.6 Å². The van der Waals surface area contributed by atoms with Gasteiger partial charge < -0.3 is 5.32 Å². The molecular formula is C22H19ClFN3O2S. The van der Waals surface area contributed by atoms with Gasteiger partial charge in [-0.3, -0.25) is 14.9 Å². The third-order valence-corrected chi connectivity index (χ3v) is 6.31. The molecule has 2 aromatic carbocycles. The van der Waals surface area contributed by atoms with Gasteiger partial charge in [0.25, 0.3) is 5.91 Å². The molecule has 3 aromatic rings. The number of thiazole rings is 1. The second-order valence-electron chi connectivity index (χ2n) is 7.04. The molecule has 0 saturated heterocycles. The molecule has 0 fully saturated rings. The van der Waals surface area contributed by atoms with Gasteiger partial charge in [0.15, 0.2) is 5.13 Å². The standard InChI is InChI=1S/C22H19ClFN3O2S/c23-15-10-8-13(9-11-15)20(28)27-22-26-19-16(5-3-7-18(19)30-22)21(29)25-12-14-4-1-2-6-17(14)24/h1-2,4,6,8-11,16H,3,5,7,12H2,(H,25,29)(H,26,27,28). The Labute approximate surface area is 182 Å². The predicted octanol–water partition coefficient (Wildman–Crippen LogP) is 4.92. The van der Waals surface area contributed by atoms with E-state index >= 15 is 0 Å². The molecule has 1 heterocycles. The Morgan fingerprint density at radius 3 is 2.70 bits per heavy atom. The Bertz CT molecular complexity index is 1080. The highest BCUT2D eigenvalue weighted by Gasteiger charge is 2.30. The van der Waals surface area contributed by atoms with Gasteiger partial charge in [0.1, 0.15) is 5.82 Å². The summed E-state index contributed by atoms with van der Waals surface area (Å²) in [6.07, 6.45) is 2.35. The second kappa shape index (κ2) is 8.93. The molecule has 0 aliphatic heterocycles. The van der Waals surface area contributed by atoms with E-state index in [1.807, 2.05) is 0 Å². The third-order valence-electron chi connectivity index (χ3n) is 5.01. The summed E-state index contributed by atoms with van der Waals surface area (Å²) < 4.78 is 13.8. The van der Waals surface area contributed by atoms with Gasteiger partial charge in [-0.05, 0) is 49.6 Å². The molecule has 1 unspecified atom stereocenters. The summed E-state index contributed by atoms with van der Waals surface area (Å²) in [5.74, 6) is -1.21. The minimum atomic E-state index is -0.405. The number of carbonyl (C=O) groups is 2. The quantitative estimate of drug-likeness (QED) is 0.587. The molecule has 5 nitrogen and oxygen atoms in total. The Balaban J connectivity index is 1.45. The van der Waals surface area contributed by atoms with Crippen LogP contribution in [0.5, 0.6) is 0 Å². The number of fused-ring (bicyclic) bond motifs is 1. The van der Waals surface area contributed by atoms with Crippen LogP contribution in [0.25, 0.3) is 0 Å². The predicted molar refractivity (Wildman–Crippen MR) is 115 cm³/mol. The summed E-state index contributed by atoms with van der Waals surface area (Å²) in [7, 11) is 0. The topological polar surface area (TPSA) is 71.1 Å². The number of hydrogen-bond acceptors (Lipinski definition) is 4. The number of nitrogens with one attached hydrogen (secondary N) is 2. The number of rotatable bonds is 5. The molecule has 2 N–H and O–H groups in total.